The van der Waals surface area contributed by atoms with Crippen LogP contribution in [-0.4, -0.2) is 66.6 Å². The number of aliphatic hydroxyl groups is 4. The zero-order valence-electron chi connectivity index (χ0n) is 17.7. The normalized spacial score (nSPS) is 14.4. The molecule has 10 heteroatoms. The third-order valence-corrected chi connectivity index (χ3v) is 4.94. The highest BCUT2D eigenvalue weighted by Crippen LogP contribution is 2.18. The summed E-state index contributed by atoms with van der Waals surface area (Å²) in [4.78, 5) is 32.3. The number of hydrogen-bond donors (Lipinski definition) is 6. The summed E-state index contributed by atoms with van der Waals surface area (Å²) in [5.41, 5.74) is 3.56. The van der Waals surface area contributed by atoms with Crippen molar-refractivity contribution < 1.29 is 30.0 Å². The molecule has 33 heavy (non-hydrogen) atoms. The Kier molecular flexibility index (Phi) is 7.80. The molecule has 6 N–H and O–H groups in total. The van der Waals surface area contributed by atoms with Crippen LogP contribution in [0.5, 0.6) is 0 Å². The van der Waals surface area contributed by atoms with Gasteiger partial charge >= 0.3 is 0 Å². The highest BCUT2D eigenvalue weighted by atomic mass is 16.4. The number of imidazole rings is 1. The van der Waals surface area contributed by atoms with Gasteiger partial charge in [0.1, 0.15) is 24.0 Å². The lowest BCUT2D eigenvalue weighted by atomic mass is 9.98. The molecule has 0 fully saturated rings. The molecule has 0 radical (unpaired) electrons. The van der Waals surface area contributed by atoms with Crippen LogP contribution in [0.25, 0.3) is 0 Å². The first kappa shape index (κ1) is 24.0. The second kappa shape index (κ2) is 10.7. The number of nitrogens with one attached hydrogen (secondary N) is 2. The minimum absolute atomic E-state index is 0.0877. The quantitative estimate of drug-likeness (QED) is 0.156. The molecule has 1 heterocycles. The van der Waals surface area contributed by atoms with Gasteiger partial charge < -0.3 is 25.4 Å². The fourth-order valence-electron chi connectivity index (χ4n) is 3.04. The molecule has 0 aliphatic heterocycles. The average Bonchev–Trinajstić information content (AvgIpc) is 3.36. The van der Waals surface area contributed by atoms with Crippen LogP contribution in [0.4, 0.5) is 0 Å². The van der Waals surface area contributed by atoms with Crippen molar-refractivity contribution in [2.24, 2.45) is 5.10 Å². The third-order valence-electron chi connectivity index (χ3n) is 4.94. The molecule has 172 valence electrons. The van der Waals surface area contributed by atoms with E-state index in [0.29, 0.717) is 5.56 Å². The van der Waals surface area contributed by atoms with E-state index in [4.69, 9.17) is 5.11 Å². The fourth-order valence-corrected chi connectivity index (χ4v) is 3.04. The lowest BCUT2D eigenvalue weighted by Crippen LogP contribution is -2.34. The molecule has 1 amide bonds. The number of aliphatic hydroxyl groups excluding tert-OH is 4. The number of H-pyrrole nitrogens is 1. The minimum atomic E-state index is -1.63. The molecule has 0 saturated carbocycles. The summed E-state index contributed by atoms with van der Waals surface area (Å²) >= 11 is 0. The maximum Gasteiger partial charge on any atom is 0.272 e. The molecule has 0 saturated heterocycles. The molecule has 2 aromatic carbocycles. The van der Waals surface area contributed by atoms with Crippen molar-refractivity contribution in [2.75, 3.05) is 6.61 Å². The van der Waals surface area contributed by atoms with Crippen molar-refractivity contribution in [3.05, 3.63) is 89.0 Å². The Bertz CT molecular complexity index is 1140. The Hall–Kier alpha value is -3.70. The number of rotatable bonds is 9. The maximum atomic E-state index is 12.8. The van der Waals surface area contributed by atoms with Crippen molar-refractivity contribution in [1.82, 2.24) is 15.4 Å². The molecule has 3 aromatic rings. The summed E-state index contributed by atoms with van der Waals surface area (Å²) in [5, 5.41) is 42.3. The standard InChI is InChI=1S/C23H24N4O6/c1-13(22-24-11-17(25-22)20(31)21(32)18(29)12-28)26-27-23(33)16-10-6-5-9-15(16)19(30)14-7-3-2-4-8-14/h2-11,18,20-21,28-29,31-32H,12H2,1H3,(H,24,25)(H,27,33)/b26-13+/t18-,20-,21-/m1/s1. The zero-order valence-corrected chi connectivity index (χ0v) is 17.7. The second-order valence-electron chi connectivity index (χ2n) is 7.25. The number of nitrogens with zero attached hydrogens (tertiary/aromatic N) is 2. The Morgan fingerprint density at radius 3 is 2.33 bits per heavy atom. The summed E-state index contributed by atoms with van der Waals surface area (Å²) in [6.45, 7) is 0.829. The van der Waals surface area contributed by atoms with Crippen molar-refractivity contribution in [3.8, 4) is 0 Å². The summed E-state index contributed by atoms with van der Waals surface area (Å²) < 4.78 is 0. The first-order valence-electron chi connectivity index (χ1n) is 10.1. The van der Waals surface area contributed by atoms with E-state index in [-0.39, 0.29) is 34.1 Å². The molecule has 0 unspecified atom stereocenters. The van der Waals surface area contributed by atoms with Gasteiger partial charge in [-0.05, 0) is 13.0 Å². The van der Waals surface area contributed by atoms with Crippen LogP contribution in [0, 0.1) is 0 Å². The summed E-state index contributed by atoms with van der Waals surface area (Å²) in [7, 11) is 0. The number of ketones is 1. The predicted molar refractivity (Wildman–Crippen MR) is 119 cm³/mol. The van der Waals surface area contributed by atoms with E-state index in [1.54, 1.807) is 55.5 Å². The largest absolute Gasteiger partial charge is 0.394 e. The number of amides is 1. The molecule has 0 bridgehead atoms. The number of aromatic nitrogens is 2. The third kappa shape index (κ3) is 5.57. The molecule has 1 aromatic heterocycles. The molecule has 0 aliphatic rings. The van der Waals surface area contributed by atoms with E-state index in [1.807, 2.05) is 0 Å². The Morgan fingerprint density at radius 1 is 1.03 bits per heavy atom. The van der Waals surface area contributed by atoms with E-state index in [0.717, 1.165) is 0 Å². The SMILES string of the molecule is C/C(=N\NC(=O)c1ccccc1C(=O)c1ccccc1)c1ncc([C@@H](O)[C@H](O)[C@H](O)CO)[nH]1. The molecule has 3 rings (SSSR count). The van der Waals surface area contributed by atoms with Crippen LogP contribution in [0.3, 0.4) is 0 Å². The van der Waals surface area contributed by atoms with Crippen molar-refractivity contribution >= 4 is 17.4 Å². The Balaban J connectivity index is 1.74. The maximum absolute atomic E-state index is 12.8. The highest BCUT2D eigenvalue weighted by Gasteiger charge is 2.27. The van der Waals surface area contributed by atoms with Crippen LogP contribution in [0.2, 0.25) is 0 Å². The van der Waals surface area contributed by atoms with Crippen molar-refractivity contribution in [2.45, 2.75) is 25.2 Å². The van der Waals surface area contributed by atoms with Crippen LogP contribution >= 0.6 is 0 Å². The first-order chi connectivity index (χ1) is 15.8. The van der Waals surface area contributed by atoms with Crippen LogP contribution in [0.15, 0.2) is 65.9 Å². The van der Waals surface area contributed by atoms with Gasteiger partial charge in [0.25, 0.3) is 5.91 Å². The minimum Gasteiger partial charge on any atom is -0.394 e. The molecule has 0 spiro atoms. The van der Waals surface area contributed by atoms with E-state index < -0.39 is 30.8 Å². The number of aromatic amines is 1. The van der Waals surface area contributed by atoms with Gasteiger partial charge in [-0.25, -0.2) is 10.4 Å². The van der Waals surface area contributed by atoms with E-state index in [9.17, 15) is 24.9 Å². The predicted octanol–water partition coefficient (Wildman–Crippen LogP) is 0.542. The Morgan fingerprint density at radius 2 is 1.67 bits per heavy atom. The molecule has 3 atom stereocenters. The van der Waals surface area contributed by atoms with Crippen molar-refractivity contribution in [1.29, 1.82) is 0 Å². The van der Waals surface area contributed by atoms with Gasteiger partial charge in [0.15, 0.2) is 11.6 Å². The summed E-state index contributed by atoms with van der Waals surface area (Å²) in [6.07, 6.45) is -3.44. The number of hydrogen-bond acceptors (Lipinski definition) is 8. The summed E-state index contributed by atoms with van der Waals surface area (Å²) in [6, 6.07) is 15.0. The van der Waals surface area contributed by atoms with Gasteiger partial charge in [0.05, 0.1) is 24.1 Å². The summed E-state index contributed by atoms with van der Waals surface area (Å²) in [5.74, 6) is -0.693. The second-order valence-corrected chi connectivity index (χ2v) is 7.25. The van der Waals surface area contributed by atoms with Gasteiger partial charge in [-0.1, -0.05) is 48.5 Å². The van der Waals surface area contributed by atoms with E-state index in [2.05, 4.69) is 20.5 Å². The van der Waals surface area contributed by atoms with Crippen LogP contribution in [0.1, 0.15) is 50.8 Å². The average molecular weight is 452 g/mol. The smallest absolute Gasteiger partial charge is 0.272 e. The van der Waals surface area contributed by atoms with Gasteiger partial charge in [-0.3, -0.25) is 9.59 Å². The van der Waals surface area contributed by atoms with Gasteiger partial charge in [-0.15, -0.1) is 0 Å². The monoisotopic (exact) mass is 452 g/mol. The molecular formula is C23H24N4O6. The lowest BCUT2D eigenvalue weighted by Gasteiger charge is -2.20. The van der Waals surface area contributed by atoms with Crippen molar-refractivity contribution in [3.63, 3.8) is 0 Å². The first-order valence-corrected chi connectivity index (χ1v) is 10.1. The van der Waals surface area contributed by atoms with E-state index >= 15 is 0 Å². The number of benzene rings is 2. The molecule has 10 nitrogen and oxygen atoms in total. The number of carbonyl (C=O) groups is 2. The van der Waals surface area contributed by atoms with Gasteiger partial charge in [0.2, 0.25) is 0 Å². The molecule has 0 aliphatic carbocycles. The van der Waals surface area contributed by atoms with Gasteiger partial charge in [0, 0.05) is 11.1 Å². The zero-order chi connectivity index (χ0) is 24.0. The molecular weight excluding hydrogens is 428 g/mol. The topological polar surface area (TPSA) is 168 Å². The number of carbonyl (C=O) groups excluding carboxylic acids is 2. The van der Waals surface area contributed by atoms with E-state index in [1.165, 1.54) is 12.3 Å². The Labute approximate surface area is 189 Å². The fraction of sp³-hybridized carbons (Fsp3) is 0.217. The van der Waals surface area contributed by atoms with Gasteiger partial charge in [-0.2, -0.15) is 5.10 Å². The van der Waals surface area contributed by atoms with Crippen LogP contribution < -0.4 is 5.43 Å². The number of hydrazone groups is 1. The lowest BCUT2D eigenvalue weighted by molar-refractivity contribution is -0.0788. The van der Waals surface area contributed by atoms with Crippen LogP contribution in [-0.2, 0) is 0 Å². The highest BCUT2D eigenvalue weighted by molar-refractivity contribution is 6.15.